The lowest BCUT2D eigenvalue weighted by Gasteiger charge is -2.33. The molecule has 1 atom stereocenters. The van der Waals surface area contributed by atoms with Crippen LogP contribution in [0.5, 0.6) is 0 Å². The molecule has 2 aliphatic rings. The molecule has 0 radical (unpaired) electrons. The molecular formula is C20H22N4O. The number of benzene rings is 1. The number of imidazole rings is 1. The molecule has 5 nitrogen and oxygen atoms in total. The van der Waals surface area contributed by atoms with Gasteiger partial charge in [-0.15, -0.1) is 0 Å². The number of amides is 1. The highest BCUT2D eigenvalue weighted by atomic mass is 16.2. The average molecular weight is 334 g/mol. The lowest BCUT2D eigenvalue weighted by atomic mass is 9.96. The normalized spacial score (nSPS) is 20.3. The molecule has 1 saturated heterocycles. The number of aromatic nitrogens is 2. The number of hydrogen-bond donors (Lipinski definition) is 0. The first kappa shape index (κ1) is 15.9. The van der Waals surface area contributed by atoms with Gasteiger partial charge in [0.05, 0.1) is 11.6 Å². The molecule has 2 aromatic rings. The van der Waals surface area contributed by atoms with Gasteiger partial charge in [-0.05, 0) is 49.8 Å². The summed E-state index contributed by atoms with van der Waals surface area (Å²) in [5.41, 5.74) is 1.13. The minimum atomic E-state index is 0.0158. The number of nitrogens with zero attached hydrogens (tertiary/aromatic N) is 4. The van der Waals surface area contributed by atoms with Gasteiger partial charge >= 0.3 is 0 Å². The first-order chi connectivity index (χ1) is 12.2. The molecule has 0 bridgehead atoms. The van der Waals surface area contributed by atoms with Gasteiger partial charge in [0.1, 0.15) is 5.82 Å². The molecule has 1 aromatic heterocycles. The van der Waals surface area contributed by atoms with E-state index in [-0.39, 0.29) is 5.91 Å². The van der Waals surface area contributed by atoms with Gasteiger partial charge in [0.25, 0.3) is 5.91 Å². The summed E-state index contributed by atoms with van der Waals surface area (Å²) in [5.74, 6) is 2.24. The van der Waals surface area contributed by atoms with Gasteiger partial charge in [0.2, 0.25) is 0 Å². The molecule has 1 amide bonds. The van der Waals surface area contributed by atoms with Crippen LogP contribution in [0.2, 0.25) is 0 Å². The average Bonchev–Trinajstić information content (AvgIpc) is 3.36. The van der Waals surface area contributed by atoms with E-state index in [1.165, 1.54) is 12.8 Å². The predicted octanol–water partition coefficient (Wildman–Crippen LogP) is 3.18. The Hall–Kier alpha value is -2.61. The van der Waals surface area contributed by atoms with E-state index in [4.69, 9.17) is 5.26 Å². The molecule has 2 heterocycles. The number of nitriles is 1. The maximum Gasteiger partial charge on any atom is 0.253 e. The Kier molecular flexibility index (Phi) is 4.27. The molecule has 0 N–H and O–H groups in total. The predicted molar refractivity (Wildman–Crippen MR) is 94.0 cm³/mol. The fourth-order valence-electron chi connectivity index (χ4n) is 3.69. The Morgan fingerprint density at radius 3 is 3.00 bits per heavy atom. The zero-order chi connectivity index (χ0) is 17.2. The van der Waals surface area contributed by atoms with Gasteiger partial charge in [-0.2, -0.15) is 5.26 Å². The quantitative estimate of drug-likeness (QED) is 0.863. The van der Waals surface area contributed by atoms with E-state index in [2.05, 4.69) is 21.8 Å². The molecule has 25 heavy (non-hydrogen) atoms. The number of likely N-dealkylation sites (tertiary alicyclic amines) is 1. The van der Waals surface area contributed by atoms with Gasteiger partial charge in [-0.3, -0.25) is 4.79 Å². The van der Waals surface area contributed by atoms with E-state index in [1.807, 2.05) is 11.1 Å². The number of carbonyl (C=O) groups excluding carboxylic acids is 1. The molecule has 2 fully saturated rings. The third kappa shape index (κ3) is 3.43. The number of hydrogen-bond acceptors (Lipinski definition) is 3. The van der Waals surface area contributed by atoms with E-state index in [0.29, 0.717) is 23.6 Å². The Bertz CT molecular complexity index is 815. The summed E-state index contributed by atoms with van der Waals surface area (Å²) in [4.78, 5) is 19.4. The van der Waals surface area contributed by atoms with Crippen LogP contribution in [0.3, 0.4) is 0 Å². The fourth-order valence-corrected chi connectivity index (χ4v) is 3.69. The minimum absolute atomic E-state index is 0.0158. The van der Waals surface area contributed by atoms with E-state index in [0.717, 1.165) is 37.7 Å². The molecule has 1 saturated carbocycles. The Morgan fingerprint density at radius 1 is 1.32 bits per heavy atom. The molecular weight excluding hydrogens is 312 g/mol. The van der Waals surface area contributed by atoms with Gasteiger partial charge in [0, 0.05) is 43.5 Å². The number of carbonyl (C=O) groups is 1. The molecule has 1 aromatic carbocycles. The second kappa shape index (κ2) is 6.72. The first-order valence-corrected chi connectivity index (χ1v) is 9.05. The minimum Gasteiger partial charge on any atom is -0.338 e. The Morgan fingerprint density at radius 2 is 2.20 bits per heavy atom. The van der Waals surface area contributed by atoms with Crippen molar-refractivity contribution in [3.63, 3.8) is 0 Å². The van der Waals surface area contributed by atoms with E-state index < -0.39 is 0 Å². The second-order valence-corrected chi connectivity index (χ2v) is 7.16. The highest BCUT2D eigenvalue weighted by molar-refractivity contribution is 5.94. The molecule has 128 valence electrons. The standard InChI is InChI=1S/C20H22N4O/c21-12-16-3-1-4-17(11-16)20(25)24-9-2-5-18(14-24)19-22-8-10-23(19)13-15-6-7-15/h1,3-4,8,10-11,15,18H,2,5-7,9,13-14H2/t18-/m1/s1. The van der Waals surface area contributed by atoms with Crippen LogP contribution in [0.15, 0.2) is 36.7 Å². The monoisotopic (exact) mass is 334 g/mol. The van der Waals surface area contributed by atoms with Crippen molar-refractivity contribution >= 4 is 5.91 Å². The van der Waals surface area contributed by atoms with Crippen LogP contribution in [-0.4, -0.2) is 33.4 Å². The summed E-state index contributed by atoms with van der Waals surface area (Å²) in [6.45, 7) is 2.54. The highest BCUT2D eigenvalue weighted by Crippen LogP contribution is 2.33. The van der Waals surface area contributed by atoms with Crippen LogP contribution < -0.4 is 0 Å². The molecule has 5 heteroatoms. The Labute approximate surface area is 147 Å². The molecule has 1 aliphatic heterocycles. The Balaban J connectivity index is 1.50. The van der Waals surface area contributed by atoms with Gasteiger partial charge in [-0.1, -0.05) is 6.07 Å². The molecule has 0 spiro atoms. The zero-order valence-corrected chi connectivity index (χ0v) is 14.3. The van der Waals surface area contributed by atoms with E-state index in [1.54, 1.807) is 24.3 Å². The zero-order valence-electron chi connectivity index (χ0n) is 14.3. The molecule has 1 aliphatic carbocycles. The lowest BCUT2D eigenvalue weighted by molar-refractivity contribution is 0.0703. The van der Waals surface area contributed by atoms with Crippen LogP contribution in [0.4, 0.5) is 0 Å². The van der Waals surface area contributed by atoms with Crippen molar-refractivity contribution in [1.29, 1.82) is 5.26 Å². The third-order valence-electron chi connectivity index (χ3n) is 5.21. The number of piperidine rings is 1. The fraction of sp³-hybridized carbons (Fsp3) is 0.450. The molecule has 0 unspecified atom stereocenters. The van der Waals surface area contributed by atoms with Gasteiger partial charge in [-0.25, -0.2) is 4.98 Å². The van der Waals surface area contributed by atoms with E-state index in [9.17, 15) is 4.79 Å². The van der Waals surface area contributed by atoms with Crippen LogP contribution in [0.1, 0.15) is 53.3 Å². The smallest absolute Gasteiger partial charge is 0.253 e. The van der Waals surface area contributed by atoms with Crippen molar-refractivity contribution < 1.29 is 4.79 Å². The topological polar surface area (TPSA) is 61.9 Å². The van der Waals surface area contributed by atoms with E-state index >= 15 is 0 Å². The van der Waals surface area contributed by atoms with Crippen molar-refractivity contribution in [2.24, 2.45) is 5.92 Å². The van der Waals surface area contributed by atoms with Crippen LogP contribution in [-0.2, 0) is 6.54 Å². The van der Waals surface area contributed by atoms with Gasteiger partial charge in [0.15, 0.2) is 0 Å². The maximum atomic E-state index is 12.8. The third-order valence-corrected chi connectivity index (χ3v) is 5.21. The van der Waals surface area contributed by atoms with Crippen molar-refractivity contribution in [2.75, 3.05) is 13.1 Å². The maximum absolute atomic E-state index is 12.8. The largest absolute Gasteiger partial charge is 0.338 e. The first-order valence-electron chi connectivity index (χ1n) is 9.05. The van der Waals surface area contributed by atoms with Crippen molar-refractivity contribution in [1.82, 2.24) is 14.5 Å². The van der Waals surface area contributed by atoms with Crippen LogP contribution in [0.25, 0.3) is 0 Å². The summed E-state index contributed by atoms with van der Waals surface area (Å²) in [6.07, 6.45) is 8.66. The summed E-state index contributed by atoms with van der Waals surface area (Å²) >= 11 is 0. The summed E-state index contributed by atoms with van der Waals surface area (Å²) < 4.78 is 2.28. The summed E-state index contributed by atoms with van der Waals surface area (Å²) in [5, 5.41) is 9.04. The summed E-state index contributed by atoms with van der Waals surface area (Å²) in [7, 11) is 0. The number of rotatable bonds is 4. The van der Waals surface area contributed by atoms with Crippen LogP contribution >= 0.6 is 0 Å². The molecule has 4 rings (SSSR count). The SMILES string of the molecule is N#Cc1cccc(C(=O)N2CCC[C@@H](c3nccn3CC3CC3)C2)c1. The van der Waals surface area contributed by atoms with Crippen molar-refractivity contribution in [2.45, 2.75) is 38.1 Å². The highest BCUT2D eigenvalue weighted by Gasteiger charge is 2.29. The lowest BCUT2D eigenvalue weighted by Crippen LogP contribution is -2.39. The van der Waals surface area contributed by atoms with Crippen LogP contribution in [0, 0.1) is 17.2 Å². The van der Waals surface area contributed by atoms with Crippen molar-refractivity contribution in [3.8, 4) is 6.07 Å². The van der Waals surface area contributed by atoms with Crippen molar-refractivity contribution in [3.05, 3.63) is 53.6 Å². The summed E-state index contributed by atoms with van der Waals surface area (Å²) in [6, 6.07) is 9.08. The second-order valence-electron chi connectivity index (χ2n) is 7.16. The van der Waals surface area contributed by atoms with Gasteiger partial charge < -0.3 is 9.47 Å².